The van der Waals surface area contributed by atoms with Gasteiger partial charge in [-0.25, -0.2) is 8.78 Å². The first-order valence-corrected chi connectivity index (χ1v) is 7.75. The first-order valence-electron chi connectivity index (χ1n) is 7.75. The van der Waals surface area contributed by atoms with Crippen molar-refractivity contribution in [3.05, 3.63) is 11.6 Å². The van der Waals surface area contributed by atoms with E-state index in [1.165, 1.54) is 5.57 Å². The Labute approximate surface area is 116 Å². The zero-order chi connectivity index (χ0) is 14.3. The van der Waals surface area contributed by atoms with Gasteiger partial charge in [0.15, 0.2) is 0 Å². The minimum absolute atomic E-state index is 0.00634. The summed E-state index contributed by atoms with van der Waals surface area (Å²) in [6, 6.07) is 0.475. The van der Waals surface area contributed by atoms with Gasteiger partial charge in [0.1, 0.15) is 0 Å². The minimum atomic E-state index is -2.18. The molecule has 112 valence electrons. The Balaban J connectivity index is 2.68. The van der Waals surface area contributed by atoms with Crippen LogP contribution in [0.2, 0.25) is 0 Å². The number of alkyl halides is 2. The predicted octanol–water partition coefficient (Wildman–Crippen LogP) is 4.93. The molecule has 1 aliphatic heterocycles. The van der Waals surface area contributed by atoms with E-state index in [0.29, 0.717) is 12.5 Å². The van der Waals surface area contributed by atoms with Crippen LogP contribution in [0.3, 0.4) is 0 Å². The van der Waals surface area contributed by atoms with Crippen LogP contribution in [0.5, 0.6) is 0 Å². The van der Waals surface area contributed by atoms with E-state index in [4.69, 9.17) is 0 Å². The monoisotopic (exact) mass is 273 g/mol. The molecule has 1 rings (SSSR count). The summed E-state index contributed by atoms with van der Waals surface area (Å²) in [5.74, 6) is 0. The average molecular weight is 273 g/mol. The molecule has 1 nitrogen and oxygen atoms in total. The molecule has 2 atom stereocenters. The van der Waals surface area contributed by atoms with Crippen molar-refractivity contribution in [2.24, 2.45) is 5.41 Å². The molecule has 0 radical (unpaired) electrons. The molecule has 0 bridgehead atoms. The van der Waals surface area contributed by atoms with Crippen molar-refractivity contribution in [1.82, 2.24) is 5.32 Å². The molecule has 1 aliphatic rings. The van der Waals surface area contributed by atoms with Gasteiger partial charge in [0.25, 0.3) is 0 Å². The maximum Gasteiger partial charge on any atom is 0.238 e. The number of rotatable bonds is 9. The SMILES string of the molecule is CCCC/C=C(\CCC(F)F)C1(C)CNC1CCC. The second-order valence-corrected chi connectivity index (χ2v) is 5.94. The fraction of sp³-hybridized carbons (Fsp3) is 0.875. The molecule has 1 heterocycles. The van der Waals surface area contributed by atoms with Gasteiger partial charge in [0.2, 0.25) is 6.43 Å². The molecule has 0 aliphatic carbocycles. The highest BCUT2D eigenvalue weighted by Crippen LogP contribution is 2.41. The van der Waals surface area contributed by atoms with E-state index in [0.717, 1.165) is 38.6 Å². The second-order valence-electron chi connectivity index (χ2n) is 5.94. The summed E-state index contributed by atoms with van der Waals surface area (Å²) < 4.78 is 25.0. The first kappa shape index (κ1) is 16.6. The van der Waals surface area contributed by atoms with E-state index < -0.39 is 6.43 Å². The van der Waals surface area contributed by atoms with Crippen LogP contribution in [0.25, 0.3) is 0 Å². The zero-order valence-corrected chi connectivity index (χ0v) is 12.6. The van der Waals surface area contributed by atoms with Crippen molar-refractivity contribution in [3.8, 4) is 0 Å². The van der Waals surface area contributed by atoms with E-state index in [2.05, 4.69) is 32.2 Å². The van der Waals surface area contributed by atoms with Gasteiger partial charge in [-0.3, -0.25) is 0 Å². The van der Waals surface area contributed by atoms with Crippen LogP contribution < -0.4 is 5.32 Å². The van der Waals surface area contributed by atoms with E-state index in [-0.39, 0.29) is 11.8 Å². The number of hydrogen-bond acceptors (Lipinski definition) is 1. The number of nitrogens with one attached hydrogen (secondary N) is 1. The van der Waals surface area contributed by atoms with E-state index in [1.807, 2.05) is 0 Å². The largest absolute Gasteiger partial charge is 0.312 e. The van der Waals surface area contributed by atoms with Crippen LogP contribution >= 0.6 is 0 Å². The molecule has 2 unspecified atom stereocenters. The van der Waals surface area contributed by atoms with Crippen LogP contribution in [-0.4, -0.2) is 19.0 Å². The van der Waals surface area contributed by atoms with Gasteiger partial charge >= 0.3 is 0 Å². The number of allylic oxidation sites excluding steroid dienone is 1. The van der Waals surface area contributed by atoms with Gasteiger partial charge in [0, 0.05) is 24.4 Å². The Bertz CT molecular complexity index is 288. The van der Waals surface area contributed by atoms with Gasteiger partial charge in [-0.1, -0.05) is 51.7 Å². The van der Waals surface area contributed by atoms with Crippen LogP contribution in [0, 0.1) is 5.41 Å². The molecular formula is C16H29F2N. The van der Waals surface area contributed by atoms with E-state index >= 15 is 0 Å². The normalized spacial score (nSPS) is 27.7. The van der Waals surface area contributed by atoms with Gasteiger partial charge in [-0.15, -0.1) is 0 Å². The molecule has 0 aromatic heterocycles. The Kier molecular flexibility index (Phi) is 6.98. The summed E-state index contributed by atoms with van der Waals surface area (Å²) in [7, 11) is 0. The van der Waals surface area contributed by atoms with Crippen LogP contribution in [0.15, 0.2) is 11.6 Å². The third kappa shape index (κ3) is 4.55. The summed E-state index contributed by atoms with van der Waals surface area (Å²) in [6.07, 6.45) is 6.24. The molecule has 0 amide bonds. The highest BCUT2D eigenvalue weighted by Gasteiger charge is 2.44. The Morgan fingerprint density at radius 1 is 1.37 bits per heavy atom. The lowest BCUT2D eigenvalue weighted by atomic mass is 9.66. The minimum Gasteiger partial charge on any atom is -0.312 e. The molecule has 1 N–H and O–H groups in total. The topological polar surface area (TPSA) is 12.0 Å². The molecule has 0 aromatic rings. The van der Waals surface area contributed by atoms with Crippen molar-refractivity contribution < 1.29 is 8.78 Å². The number of halogens is 2. The van der Waals surface area contributed by atoms with Gasteiger partial charge in [-0.2, -0.15) is 0 Å². The summed E-state index contributed by atoms with van der Waals surface area (Å²) in [5, 5.41) is 3.47. The molecule has 3 heteroatoms. The maximum absolute atomic E-state index is 12.5. The lowest BCUT2D eigenvalue weighted by molar-refractivity contribution is 0.113. The summed E-state index contributed by atoms with van der Waals surface area (Å²) in [4.78, 5) is 0. The van der Waals surface area contributed by atoms with Crippen molar-refractivity contribution in [3.63, 3.8) is 0 Å². The lowest BCUT2D eigenvalue weighted by Gasteiger charge is -2.50. The van der Waals surface area contributed by atoms with Crippen molar-refractivity contribution >= 4 is 0 Å². The maximum atomic E-state index is 12.5. The summed E-state index contributed by atoms with van der Waals surface area (Å²) >= 11 is 0. The smallest absolute Gasteiger partial charge is 0.238 e. The van der Waals surface area contributed by atoms with Crippen LogP contribution in [0.1, 0.15) is 65.7 Å². The van der Waals surface area contributed by atoms with Crippen LogP contribution in [0.4, 0.5) is 8.78 Å². The van der Waals surface area contributed by atoms with E-state index in [1.54, 1.807) is 0 Å². The molecular weight excluding hydrogens is 244 g/mol. The number of hydrogen-bond donors (Lipinski definition) is 1. The quantitative estimate of drug-likeness (QED) is 0.464. The second kappa shape index (κ2) is 7.98. The fourth-order valence-electron chi connectivity index (χ4n) is 2.97. The van der Waals surface area contributed by atoms with Crippen LogP contribution in [-0.2, 0) is 0 Å². The Morgan fingerprint density at radius 3 is 2.58 bits per heavy atom. The Morgan fingerprint density at radius 2 is 2.11 bits per heavy atom. The molecule has 1 fully saturated rings. The molecule has 0 saturated carbocycles. The van der Waals surface area contributed by atoms with Crippen molar-refractivity contribution in [2.45, 2.75) is 78.2 Å². The Hall–Kier alpha value is -0.440. The zero-order valence-electron chi connectivity index (χ0n) is 12.6. The van der Waals surface area contributed by atoms with Gasteiger partial charge < -0.3 is 5.32 Å². The average Bonchev–Trinajstić information content (AvgIpc) is 2.37. The third-order valence-electron chi connectivity index (χ3n) is 4.38. The van der Waals surface area contributed by atoms with Gasteiger partial charge in [0.05, 0.1) is 0 Å². The molecule has 0 aromatic carbocycles. The van der Waals surface area contributed by atoms with E-state index in [9.17, 15) is 8.78 Å². The standard InChI is InChI=1S/C16H29F2N/c1-4-6-7-9-13(10-11-15(17)18)16(3)12-19-14(16)8-5-2/h9,14-15,19H,4-8,10-12H2,1-3H3/b13-9+. The number of unbranched alkanes of at least 4 members (excludes halogenated alkanes) is 2. The molecule has 19 heavy (non-hydrogen) atoms. The predicted molar refractivity (Wildman–Crippen MR) is 77.7 cm³/mol. The summed E-state index contributed by atoms with van der Waals surface area (Å²) in [6.45, 7) is 7.53. The first-order chi connectivity index (χ1) is 9.04. The third-order valence-corrected chi connectivity index (χ3v) is 4.38. The van der Waals surface area contributed by atoms with Crippen molar-refractivity contribution in [2.75, 3.05) is 6.54 Å². The highest BCUT2D eigenvalue weighted by molar-refractivity contribution is 5.22. The van der Waals surface area contributed by atoms with Gasteiger partial charge in [-0.05, 0) is 19.3 Å². The molecule has 0 spiro atoms. The fourth-order valence-corrected chi connectivity index (χ4v) is 2.97. The summed E-state index contributed by atoms with van der Waals surface area (Å²) in [5.41, 5.74) is 1.37. The van der Waals surface area contributed by atoms with Crippen molar-refractivity contribution in [1.29, 1.82) is 0 Å². The molecule has 1 saturated heterocycles. The lowest BCUT2D eigenvalue weighted by Crippen LogP contribution is -2.61. The highest BCUT2D eigenvalue weighted by atomic mass is 19.3.